The minimum absolute atomic E-state index is 0.0501. The van der Waals surface area contributed by atoms with E-state index in [1.54, 1.807) is 12.1 Å². The van der Waals surface area contributed by atoms with Crippen LogP contribution in [0.4, 0.5) is 11.6 Å². The van der Waals surface area contributed by atoms with Crippen molar-refractivity contribution < 1.29 is 4.79 Å². The second-order valence-electron chi connectivity index (χ2n) is 7.23. The van der Waals surface area contributed by atoms with Crippen molar-refractivity contribution in [2.75, 3.05) is 11.5 Å². The zero-order valence-electron chi connectivity index (χ0n) is 17.4. The topological polar surface area (TPSA) is 157 Å². The molecule has 0 spiro atoms. The molecule has 0 saturated heterocycles. The first-order chi connectivity index (χ1) is 14.5. The summed E-state index contributed by atoms with van der Waals surface area (Å²) in [4.78, 5) is 61.9. The van der Waals surface area contributed by atoms with E-state index in [-0.39, 0.29) is 22.8 Å². The van der Waals surface area contributed by atoms with Gasteiger partial charge in [-0.15, -0.1) is 0 Å². The number of hydrogen-bond acceptors (Lipinski definition) is 7. The van der Waals surface area contributed by atoms with Gasteiger partial charge in [0, 0.05) is 33.8 Å². The Morgan fingerprint density at radius 1 is 0.710 bits per heavy atom. The summed E-state index contributed by atoms with van der Waals surface area (Å²) in [5.74, 6) is -1.39. The Morgan fingerprint density at radius 3 is 1.45 bits per heavy atom. The van der Waals surface area contributed by atoms with E-state index >= 15 is 0 Å². The highest BCUT2D eigenvalue weighted by Gasteiger charge is 2.31. The maximum absolute atomic E-state index is 13.1. The van der Waals surface area contributed by atoms with Crippen LogP contribution in [0, 0.1) is 0 Å². The van der Waals surface area contributed by atoms with Crippen molar-refractivity contribution in [3.8, 4) is 0 Å². The Bertz CT molecular complexity index is 1350. The van der Waals surface area contributed by atoms with Gasteiger partial charge in [-0.05, 0) is 5.56 Å². The number of nitrogens with two attached hydrogens (primary N) is 2. The summed E-state index contributed by atoms with van der Waals surface area (Å²) in [5, 5.41) is 0. The van der Waals surface area contributed by atoms with Gasteiger partial charge in [-0.25, -0.2) is 9.59 Å². The number of benzene rings is 1. The highest BCUT2D eigenvalue weighted by atomic mass is 16.2. The summed E-state index contributed by atoms with van der Waals surface area (Å²) in [6.07, 6.45) is 0.651. The molecule has 0 unspecified atom stereocenters. The third kappa shape index (κ3) is 3.19. The first kappa shape index (κ1) is 21.6. The van der Waals surface area contributed by atoms with Crippen molar-refractivity contribution in [1.29, 1.82) is 0 Å². The Morgan fingerprint density at radius 2 is 1.10 bits per heavy atom. The van der Waals surface area contributed by atoms with Crippen LogP contribution in [0.15, 0.2) is 43.4 Å². The number of aromatic nitrogens is 4. The molecule has 4 N–H and O–H groups in total. The van der Waals surface area contributed by atoms with Crippen molar-refractivity contribution in [2.45, 2.75) is 5.92 Å². The molecule has 1 aromatic carbocycles. The molecule has 0 atom stereocenters. The fourth-order valence-corrected chi connectivity index (χ4v) is 3.56. The van der Waals surface area contributed by atoms with E-state index in [9.17, 15) is 24.0 Å². The summed E-state index contributed by atoms with van der Waals surface area (Å²) in [6, 6.07) is 6.14. The molecule has 162 valence electrons. The fourth-order valence-electron chi connectivity index (χ4n) is 3.56. The number of aldehydes is 1. The van der Waals surface area contributed by atoms with Gasteiger partial charge in [0.25, 0.3) is 11.1 Å². The molecule has 0 fully saturated rings. The van der Waals surface area contributed by atoms with Gasteiger partial charge < -0.3 is 11.5 Å². The van der Waals surface area contributed by atoms with E-state index in [0.29, 0.717) is 17.4 Å². The van der Waals surface area contributed by atoms with Crippen LogP contribution in [-0.4, -0.2) is 24.6 Å². The summed E-state index contributed by atoms with van der Waals surface area (Å²) in [6.45, 7) is 0. The van der Waals surface area contributed by atoms with Crippen molar-refractivity contribution in [3.63, 3.8) is 0 Å². The monoisotopic (exact) mass is 426 g/mol. The fraction of sp³-hybridized carbons (Fsp3) is 0.250. The van der Waals surface area contributed by atoms with Crippen LogP contribution >= 0.6 is 0 Å². The van der Waals surface area contributed by atoms with Crippen molar-refractivity contribution in [2.24, 2.45) is 28.2 Å². The molecule has 0 aliphatic heterocycles. The van der Waals surface area contributed by atoms with E-state index in [1.165, 1.54) is 40.3 Å². The van der Waals surface area contributed by atoms with Gasteiger partial charge in [0.2, 0.25) is 0 Å². The molecule has 3 rings (SSSR count). The summed E-state index contributed by atoms with van der Waals surface area (Å²) < 4.78 is 3.93. The van der Waals surface area contributed by atoms with Crippen molar-refractivity contribution >= 4 is 17.9 Å². The minimum Gasteiger partial charge on any atom is -0.385 e. The lowest BCUT2D eigenvalue weighted by Crippen LogP contribution is -2.44. The SMILES string of the molecule is Cn1c(N)c(C(c2ccc(C=O)cc2)c2c(N)n(C)c(=O)n(C)c2=O)c(=O)n(C)c1=O. The van der Waals surface area contributed by atoms with Gasteiger partial charge in [0.1, 0.15) is 17.9 Å². The Balaban J connectivity index is 2.56. The molecule has 0 saturated carbocycles. The molecule has 2 aromatic heterocycles. The van der Waals surface area contributed by atoms with Crippen LogP contribution in [0.1, 0.15) is 33.0 Å². The third-order valence-corrected chi connectivity index (χ3v) is 5.48. The van der Waals surface area contributed by atoms with Crippen LogP contribution in [0.5, 0.6) is 0 Å². The second kappa shape index (κ2) is 7.59. The quantitative estimate of drug-likeness (QED) is 0.488. The van der Waals surface area contributed by atoms with Crippen molar-refractivity contribution in [3.05, 3.63) is 88.2 Å². The van der Waals surface area contributed by atoms with E-state index in [1.807, 2.05) is 0 Å². The summed E-state index contributed by atoms with van der Waals surface area (Å²) in [5.41, 5.74) is 10.3. The lowest BCUT2D eigenvalue weighted by atomic mass is 9.85. The summed E-state index contributed by atoms with van der Waals surface area (Å²) in [7, 11) is 5.38. The number of carbonyl (C=O) groups is 1. The predicted molar refractivity (Wildman–Crippen MR) is 115 cm³/mol. The zero-order valence-corrected chi connectivity index (χ0v) is 17.4. The minimum atomic E-state index is -1.10. The normalized spacial score (nSPS) is 11.1. The maximum Gasteiger partial charge on any atom is 0.332 e. The van der Waals surface area contributed by atoms with E-state index < -0.39 is 28.4 Å². The van der Waals surface area contributed by atoms with E-state index in [0.717, 1.165) is 18.3 Å². The van der Waals surface area contributed by atoms with Gasteiger partial charge in [0.15, 0.2) is 0 Å². The van der Waals surface area contributed by atoms with Gasteiger partial charge in [-0.1, -0.05) is 24.3 Å². The van der Waals surface area contributed by atoms with Gasteiger partial charge in [-0.3, -0.25) is 32.7 Å². The first-order valence-corrected chi connectivity index (χ1v) is 9.18. The van der Waals surface area contributed by atoms with E-state index in [2.05, 4.69) is 0 Å². The lowest BCUT2D eigenvalue weighted by Gasteiger charge is -2.23. The van der Waals surface area contributed by atoms with Crippen LogP contribution in [0.25, 0.3) is 0 Å². The van der Waals surface area contributed by atoms with Crippen molar-refractivity contribution in [1.82, 2.24) is 18.3 Å². The van der Waals surface area contributed by atoms with Gasteiger partial charge in [-0.2, -0.15) is 0 Å². The molecule has 11 heteroatoms. The molecule has 0 aliphatic carbocycles. The molecule has 0 aliphatic rings. The molecular weight excluding hydrogens is 404 g/mol. The molecule has 0 amide bonds. The number of hydrogen-bond donors (Lipinski definition) is 2. The molecule has 0 radical (unpaired) electrons. The second-order valence-corrected chi connectivity index (χ2v) is 7.23. The number of carbonyl (C=O) groups excluding carboxylic acids is 1. The molecule has 3 aromatic rings. The van der Waals surface area contributed by atoms with Gasteiger partial charge >= 0.3 is 11.4 Å². The van der Waals surface area contributed by atoms with Crippen LogP contribution < -0.4 is 34.0 Å². The number of nitrogen functional groups attached to an aromatic ring is 2. The first-order valence-electron chi connectivity index (χ1n) is 9.18. The highest BCUT2D eigenvalue weighted by Crippen LogP contribution is 2.33. The molecule has 2 heterocycles. The zero-order chi connectivity index (χ0) is 23.2. The number of rotatable bonds is 4. The third-order valence-electron chi connectivity index (χ3n) is 5.48. The standard InChI is InChI=1S/C20H22N6O5/c1-23-15(21)13(17(28)25(3)19(23)30)12(11-7-5-10(9-27)6-8-11)14-16(22)24(2)20(31)26(4)18(14)29/h5-9,12H,21-22H2,1-4H3. The number of nitrogens with zero attached hydrogens (tertiary/aromatic N) is 4. The number of anilines is 2. The molecule has 11 nitrogen and oxygen atoms in total. The Hall–Kier alpha value is -4.15. The largest absolute Gasteiger partial charge is 0.385 e. The smallest absolute Gasteiger partial charge is 0.332 e. The Kier molecular flexibility index (Phi) is 5.28. The van der Waals surface area contributed by atoms with Crippen LogP contribution in [-0.2, 0) is 28.2 Å². The average Bonchev–Trinajstić information content (AvgIpc) is 2.78. The van der Waals surface area contributed by atoms with Crippen LogP contribution in [0.3, 0.4) is 0 Å². The van der Waals surface area contributed by atoms with E-state index in [4.69, 9.17) is 11.5 Å². The lowest BCUT2D eigenvalue weighted by molar-refractivity contribution is 0.112. The highest BCUT2D eigenvalue weighted by molar-refractivity contribution is 5.75. The van der Waals surface area contributed by atoms with Crippen LogP contribution in [0.2, 0.25) is 0 Å². The maximum atomic E-state index is 13.1. The molecule has 0 bridgehead atoms. The average molecular weight is 426 g/mol. The summed E-state index contributed by atoms with van der Waals surface area (Å²) >= 11 is 0. The molecular formula is C20H22N6O5. The molecule has 31 heavy (non-hydrogen) atoms. The Labute approximate surface area is 175 Å². The predicted octanol–water partition coefficient (Wildman–Crippen LogP) is -1.36. The van der Waals surface area contributed by atoms with Gasteiger partial charge in [0.05, 0.1) is 17.0 Å².